The second kappa shape index (κ2) is 7.43. The monoisotopic (exact) mass is 328 g/mol. The van der Waals surface area contributed by atoms with E-state index in [0.717, 1.165) is 12.8 Å². The van der Waals surface area contributed by atoms with Crippen LogP contribution in [0.1, 0.15) is 52.4 Å². The quantitative estimate of drug-likeness (QED) is 0.640. The zero-order valence-corrected chi connectivity index (χ0v) is 13.7. The van der Waals surface area contributed by atoms with Gasteiger partial charge >= 0.3 is 11.9 Å². The Morgan fingerprint density at radius 1 is 0.870 bits per heavy atom. The fourth-order valence-corrected chi connectivity index (χ4v) is 2.70. The lowest BCUT2D eigenvalue weighted by atomic mass is 9.76. The molecule has 0 saturated heterocycles. The molecule has 3 N–H and O–H groups in total. The third-order valence-corrected chi connectivity index (χ3v) is 4.23. The van der Waals surface area contributed by atoms with Gasteiger partial charge in [-0.15, -0.1) is 0 Å². The van der Waals surface area contributed by atoms with Crippen molar-refractivity contribution in [3.8, 4) is 0 Å². The van der Waals surface area contributed by atoms with Crippen molar-refractivity contribution in [1.82, 2.24) is 10.6 Å². The van der Waals surface area contributed by atoms with E-state index in [2.05, 4.69) is 15.4 Å². The first-order chi connectivity index (χ1) is 10.7. The highest BCUT2D eigenvalue weighted by molar-refractivity contribution is 5.88. The van der Waals surface area contributed by atoms with Crippen LogP contribution >= 0.6 is 0 Å². The van der Waals surface area contributed by atoms with Crippen molar-refractivity contribution in [2.45, 2.75) is 63.5 Å². The number of carboxylic acid groups (broad SMARTS) is 1. The van der Waals surface area contributed by atoms with Crippen LogP contribution in [0.5, 0.6) is 0 Å². The maximum absolute atomic E-state index is 11.2. The Kier molecular flexibility index (Phi) is 6.12. The van der Waals surface area contributed by atoms with E-state index >= 15 is 0 Å². The average molecular weight is 328 g/mol. The topological polar surface area (TPSA) is 122 Å². The molecule has 130 valence electrons. The zero-order valence-electron chi connectivity index (χ0n) is 13.7. The molecule has 2 aliphatic rings. The molecule has 0 bridgehead atoms. The van der Waals surface area contributed by atoms with Crippen LogP contribution in [-0.2, 0) is 23.9 Å². The van der Waals surface area contributed by atoms with Crippen molar-refractivity contribution in [2.24, 2.45) is 0 Å². The molecule has 0 aromatic rings. The highest BCUT2D eigenvalue weighted by Crippen LogP contribution is 2.33. The number of ether oxygens (including phenoxy) is 1. The number of carbonyl (C=O) groups is 4. The van der Waals surface area contributed by atoms with Crippen molar-refractivity contribution in [1.29, 1.82) is 0 Å². The largest absolute Gasteiger partial charge is 0.480 e. The third kappa shape index (κ3) is 4.43. The molecular weight excluding hydrogens is 304 g/mol. The summed E-state index contributed by atoms with van der Waals surface area (Å²) in [5, 5.41) is 13.8. The summed E-state index contributed by atoms with van der Waals surface area (Å²) in [6.07, 6.45) is 4.35. The fourth-order valence-electron chi connectivity index (χ4n) is 2.70. The summed E-state index contributed by atoms with van der Waals surface area (Å²) in [4.78, 5) is 43.2. The van der Waals surface area contributed by atoms with Gasteiger partial charge in [0.05, 0.1) is 7.11 Å². The van der Waals surface area contributed by atoms with Crippen LogP contribution < -0.4 is 10.6 Å². The molecule has 2 amide bonds. The molecule has 2 rings (SSSR count). The van der Waals surface area contributed by atoms with Gasteiger partial charge in [-0.25, -0.2) is 9.59 Å². The normalized spacial score (nSPS) is 19.6. The van der Waals surface area contributed by atoms with Gasteiger partial charge in [0.15, 0.2) is 0 Å². The Labute approximate surface area is 134 Å². The first kappa shape index (κ1) is 18.9. The first-order valence-electron chi connectivity index (χ1n) is 7.57. The molecule has 0 atom stereocenters. The van der Waals surface area contributed by atoms with Gasteiger partial charge in [-0.05, 0) is 38.5 Å². The van der Waals surface area contributed by atoms with Crippen molar-refractivity contribution >= 4 is 23.8 Å². The number of aliphatic carboxylic acids is 1. The second-order valence-corrected chi connectivity index (χ2v) is 6.03. The molecule has 2 aliphatic carbocycles. The molecule has 2 fully saturated rings. The first-order valence-corrected chi connectivity index (χ1v) is 7.57. The smallest absolute Gasteiger partial charge is 0.331 e. The van der Waals surface area contributed by atoms with Gasteiger partial charge in [-0.2, -0.15) is 0 Å². The van der Waals surface area contributed by atoms with Crippen LogP contribution in [0.3, 0.4) is 0 Å². The Morgan fingerprint density at radius 3 is 1.43 bits per heavy atom. The summed E-state index contributed by atoms with van der Waals surface area (Å²) in [6.45, 7) is 2.74. The molecule has 0 aliphatic heterocycles. The summed E-state index contributed by atoms with van der Waals surface area (Å²) >= 11 is 0. The van der Waals surface area contributed by atoms with Crippen LogP contribution in [0, 0.1) is 0 Å². The predicted molar refractivity (Wildman–Crippen MR) is 80.4 cm³/mol. The Morgan fingerprint density at radius 2 is 1.26 bits per heavy atom. The second-order valence-electron chi connectivity index (χ2n) is 6.03. The average Bonchev–Trinajstić information content (AvgIpc) is 2.37. The fraction of sp³-hybridized carbons (Fsp3) is 0.733. The third-order valence-electron chi connectivity index (χ3n) is 4.23. The summed E-state index contributed by atoms with van der Waals surface area (Å²) < 4.78 is 4.60. The van der Waals surface area contributed by atoms with Crippen LogP contribution in [0.2, 0.25) is 0 Å². The molecule has 0 aromatic carbocycles. The highest BCUT2D eigenvalue weighted by atomic mass is 16.5. The maximum Gasteiger partial charge on any atom is 0.331 e. The van der Waals surface area contributed by atoms with Gasteiger partial charge in [0.2, 0.25) is 11.8 Å². The van der Waals surface area contributed by atoms with E-state index < -0.39 is 17.0 Å². The van der Waals surface area contributed by atoms with Crippen LogP contribution in [0.25, 0.3) is 0 Å². The number of carbonyl (C=O) groups excluding carboxylic acids is 3. The number of methoxy groups -OCH3 is 1. The maximum atomic E-state index is 11.2. The van der Waals surface area contributed by atoms with Gasteiger partial charge in [-0.3, -0.25) is 9.59 Å². The predicted octanol–water partition coefficient (Wildman–Crippen LogP) is 0.348. The number of hydrogen-bond donors (Lipinski definition) is 3. The van der Waals surface area contributed by atoms with E-state index in [1.807, 2.05) is 0 Å². The van der Waals surface area contributed by atoms with E-state index in [-0.39, 0.29) is 17.8 Å². The molecule has 8 heteroatoms. The molecule has 0 unspecified atom stereocenters. The van der Waals surface area contributed by atoms with Crippen molar-refractivity contribution in [3.63, 3.8) is 0 Å². The lowest BCUT2D eigenvalue weighted by Crippen LogP contribution is -2.59. The van der Waals surface area contributed by atoms with E-state index in [4.69, 9.17) is 5.11 Å². The van der Waals surface area contributed by atoms with E-state index in [1.54, 1.807) is 0 Å². The van der Waals surface area contributed by atoms with Gasteiger partial charge in [0.25, 0.3) is 0 Å². The number of rotatable bonds is 4. The minimum absolute atomic E-state index is 0.180. The zero-order chi connectivity index (χ0) is 17.7. The van der Waals surface area contributed by atoms with Gasteiger partial charge in [0, 0.05) is 13.8 Å². The van der Waals surface area contributed by atoms with Gasteiger partial charge < -0.3 is 20.5 Å². The number of esters is 1. The Bertz CT molecular complexity index is 494. The molecule has 0 radical (unpaired) electrons. The lowest BCUT2D eigenvalue weighted by molar-refractivity contribution is -0.154. The van der Waals surface area contributed by atoms with Crippen molar-refractivity contribution < 1.29 is 29.0 Å². The molecular formula is C15H24N2O6. The highest BCUT2D eigenvalue weighted by Gasteiger charge is 2.46. The molecule has 0 heterocycles. The minimum atomic E-state index is -0.939. The molecule has 23 heavy (non-hydrogen) atoms. The number of carboxylic acids is 1. The number of nitrogens with one attached hydrogen (secondary N) is 2. The van der Waals surface area contributed by atoms with E-state index in [1.165, 1.54) is 21.0 Å². The minimum Gasteiger partial charge on any atom is -0.480 e. The Hall–Kier alpha value is -2.12. The molecule has 2 saturated carbocycles. The summed E-state index contributed by atoms with van der Waals surface area (Å²) in [6, 6.07) is 0. The van der Waals surface area contributed by atoms with Crippen LogP contribution in [0.4, 0.5) is 0 Å². The summed E-state index contributed by atoms with van der Waals surface area (Å²) in [5.41, 5.74) is -1.65. The molecule has 0 aromatic heterocycles. The van der Waals surface area contributed by atoms with Crippen LogP contribution in [-0.4, -0.2) is 47.0 Å². The number of amides is 2. The lowest BCUT2D eigenvalue weighted by Gasteiger charge is -2.38. The standard InChI is InChI=1S/C8H13NO3.C7H11NO3/c1-6(10)9-8(4-3-5-8)7(11)12-2;1-5(9)8-7(6(10)11)3-2-4-7/h3-5H2,1-2H3,(H,9,10);2-4H2,1H3,(H,8,9)(H,10,11). The van der Waals surface area contributed by atoms with Crippen molar-refractivity contribution in [2.75, 3.05) is 7.11 Å². The molecule has 8 nitrogen and oxygen atoms in total. The molecule has 0 spiro atoms. The Balaban J connectivity index is 0.000000231. The van der Waals surface area contributed by atoms with Crippen LogP contribution in [0.15, 0.2) is 0 Å². The SMILES string of the molecule is CC(=O)NC1(C(=O)O)CCC1.COC(=O)C1(NC(C)=O)CCC1. The van der Waals surface area contributed by atoms with Gasteiger partial charge in [0.1, 0.15) is 11.1 Å². The van der Waals surface area contributed by atoms with E-state index in [9.17, 15) is 19.2 Å². The van der Waals surface area contributed by atoms with E-state index in [0.29, 0.717) is 25.7 Å². The summed E-state index contributed by atoms with van der Waals surface area (Å²) in [7, 11) is 1.34. The van der Waals surface area contributed by atoms with Crippen molar-refractivity contribution in [3.05, 3.63) is 0 Å². The summed E-state index contributed by atoms with van der Waals surface area (Å²) in [5.74, 6) is -1.70. The van der Waals surface area contributed by atoms with Gasteiger partial charge in [-0.1, -0.05) is 0 Å². The number of hydrogen-bond acceptors (Lipinski definition) is 5.